The molecule has 0 aliphatic rings. The molecule has 0 amide bonds. The van der Waals surface area contributed by atoms with Crippen LogP contribution in [0.1, 0.15) is 45.1 Å². The summed E-state index contributed by atoms with van der Waals surface area (Å²) in [5.74, 6) is 2.50. The van der Waals surface area contributed by atoms with Gasteiger partial charge in [0.2, 0.25) is 0 Å². The van der Waals surface area contributed by atoms with Crippen LogP contribution in [0.4, 0.5) is 5.82 Å². The number of methoxy groups -OCH3 is 1. The Morgan fingerprint density at radius 3 is 2.72 bits per heavy atom. The van der Waals surface area contributed by atoms with Crippen LogP contribution in [0.5, 0.6) is 0 Å². The van der Waals surface area contributed by atoms with Crippen molar-refractivity contribution in [3.05, 3.63) is 17.6 Å². The maximum atomic E-state index is 5.15. The number of aryl methyl sites for hydroxylation is 1. The smallest absolute Gasteiger partial charge is 0.131 e. The average molecular weight is 251 g/mol. The molecule has 1 heterocycles. The lowest BCUT2D eigenvalue weighted by molar-refractivity contribution is 0.181. The van der Waals surface area contributed by atoms with Crippen LogP contribution in [0.3, 0.4) is 0 Å². The number of nitrogens with one attached hydrogen (secondary N) is 1. The second-order valence-electron chi connectivity index (χ2n) is 4.95. The Hall–Kier alpha value is -1.16. The van der Waals surface area contributed by atoms with Gasteiger partial charge in [0, 0.05) is 26.1 Å². The minimum absolute atomic E-state index is 0.540. The van der Waals surface area contributed by atoms with Crippen LogP contribution in [0.2, 0.25) is 0 Å². The lowest BCUT2D eigenvalue weighted by Crippen LogP contribution is -2.08. The van der Waals surface area contributed by atoms with E-state index in [0.717, 1.165) is 43.1 Å². The van der Waals surface area contributed by atoms with E-state index < -0.39 is 0 Å². The van der Waals surface area contributed by atoms with Crippen LogP contribution in [-0.4, -0.2) is 23.6 Å². The molecule has 0 aromatic carbocycles. The van der Waals surface area contributed by atoms with Gasteiger partial charge in [0.1, 0.15) is 11.6 Å². The molecule has 1 aromatic heterocycles. The summed E-state index contributed by atoms with van der Waals surface area (Å²) in [4.78, 5) is 9.07. The normalized spacial score (nSPS) is 10.9. The molecule has 18 heavy (non-hydrogen) atoms. The largest absolute Gasteiger partial charge is 0.378 e. The third-order valence-electron chi connectivity index (χ3n) is 2.62. The van der Waals surface area contributed by atoms with Gasteiger partial charge in [-0.2, -0.15) is 0 Å². The van der Waals surface area contributed by atoms with Crippen molar-refractivity contribution in [2.75, 3.05) is 19.0 Å². The van der Waals surface area contributed by atoms with Crippen molar-refractivity contribution in [2.24, 2.45) is 5.92 Å². The van der Waals surface area contributed by atoms with Crippen molar-refractivity contribution in [3.63, 3.8) is 0 Å². The zero-order valence-corrected chi connectivity index (χ0v) is 12.0. The molecule has 0 aliphatic heterocycles. The number of rotatable bonds is 8. The first-order valence-corrected chi connectivity index (χ1v) is 6.75. The van der Waals surface area contributed by atoms with Gasteiger partial charge in [0.15, 0.2) is 0 Å². The maximum Gasteiger partial charge on any atom is 0.131 e. The highest BCUT2D eigenvalue weighted by atomic mass is 16.5. The molecule has 4 heteroatoms. The van der Waals surface area contributed by atoms with Crippen LogP contribution >= 0.6 is 0 Å². The Kier molecular flexibility index (Phi) is 6.65. The minimum Gasteiger partial charge on any atom is -0.378 e. The molecule has 102 valence electrons. The van der Waals surface area contributed by atoms with Gasteiger partial charge in [0.05, 0.1) is 12.3 Å². The topological polar surface area (TPSA) is 47.0 Å². The van der Waals surface area contributed by atoms with Crippen molar-refractivity contribution in [3.8, 4) is 0 Å². The van der Waals surface area contributed by atoms with Crippen LogP contribution in [0.15, 0.2) is 6.07 Å². The maximum absolute atomic E-state index is 5.15. The molecular formula is C14H25N3O. The SMILES string of the molecule is CCCNc1cc(COC)nc(CCC(C)C)n1. The van der Waals surface area contributed by atoms with E-state index in [1.807, 2.05) is 6.07 Å². The summed E-state index contributed by atoms with van der Waals surface area (Å²) in [6.07, 6.45) is 3.13. The van der Waals surface area contributed by atoms with Gasteiger partial charge in [-0.3, -0.25) is 0 Å². The lowest BCUT2D eigenvalue weighted by atomic mass is 10.1. The quantitative estimate of drug-likeness (QED) is 0.771. The third-order valence-corrected chi connectivity index (χ3v) is 2.62. The van der Waals surface area contributed by atoms with Crippen molar-refractivity contribution < 1.29 is 4.74 Å². The van der Waals surface area contributed by atoms with Gasteiger partial charge < -0.3 is 10.1 Å². The second kappa shape index (κ2) is 8.03. The van der Waals surface area contributed by atoms with E-state index in [1.54, 1.807) is 7.11 Å². The van der Waals surface area contributed by atoms with E-state index in [-0.39, 0.29) is 0 Å². The molecule has 0 saturated heterocycles. The molecule has 1 rings (SSSR count). The number of ether oxygens (including phenoxy) is 1. The second-order valence-corrected chi connectivity index (χ2v) is 4.95. The molecule has 0 radical (unpaired) electrons. The van der Waals surface area contributed by atoms with E-state index in [9.17, 15) is 0 Å². The van der Waals surface area contributed by atoms with Crippen LogP contribution in [0.25, 0.3) is 0 Å². The standard InChI is InChI=1S/C14H25N3O/c1-5-8-15-14-9-12(10-18-4)16-13(17-14)7-6-11(2)3/h9,11H,5-8,10H2,1-4H3,(H,15,16,17). The molecule has 0 aliphatic carbocycles. The van der Waals surface area contributed by atoms with Gasteiger partial charge in [0.25, 0.3) is 0 Å². The number of anilines is 1. The summed E-state index contributed by atoms with van der Waals surface area (Å²) in [6, 6.07) is 1.97. The molecule has 0 atom stereocenters. The number of hydrogen-bond acceptors (Lipinski definition) is 4. The van der Waals surface area contributed by atoms with Crippen LogP contribution in [-0.2, 0) is 17.8 Å². The summed E-state index contributed by atoms with van der Waals surface area (Å²) in [5.41, 5.74) is 0.949. The Bertz CT molecular complexity index is 353. The van der Waals surface area contributed by atoms with Gasteiger partial charge >= 0.3 is 0 Å². The molecule has 1 N–H and O–H groups in total. The summed E-state index contributed by atoms with van der Waals surface area (Å²) in [5, 5.41) is 3.31. The number of aromatic nitrogens is 2. The predicted octanol–water partition coefficient (Wildman–Crippen LogP) is 3.03. The highest BCUT2D eigenvalue weighted by molar-refractivity contribution is 5.35. The fourth-order valence-corrected chi connectivity index (χ4v) is 1.65. The van der Waals surface area contributed by atoms with Crippen molar-refractivity contribution in [2.45, 2.75) is 46.6 Å². The fourth-order valence-electron chi connectivity index (χ4n) is 1.65. The third kappa shape index (κ3) is 5.45. The summed E-state index contributed by atoms with van der Waals surface area (Å²) < 4.78 is 5.15. The monoisotopic (exact) mass is 251 g/mol. The van der Waals surface area contributed by atoms with E-state index in [1.165, 1.54) is 0 Å². The van der Waals surface area contributed by atoms with Crippen LogP contribution < -0.4 is 5.32 Å². The summed E-state index contributed by atoms with van der Waals surface area (Å²) in [7, 11) is 1.69. The number of hydrogen-bond donors (Lipinski definition) is 1. The van der Waals surface area contributed by atoms with Crippen molar-refractivity contribution >= 4 is 5.82 Å². The average Bonchev–Trinajstić information content (AvgIpc) is 2.34. The molecule has 0 spiro atoms. The Balaban J connectivity index is 2.76. The molecule has 1 aromatic rings. The van der Waals surface area contributed by atoms with Crippen LogP contribution in [0, 0.1) is 5.92 Å². The Labute approximate surface area is 110 Å². The molecular weight excluding hydrogens is 226 g/mol. The predicted molar refractivity (Wildman–Crippen MR) is 74.7 cm³/mol. The lowest BCUT2D eigenvalue weighted by Gasteiger charge is -2.10. The van der Waals surface area contributed by atoms with E-state index in [2.05, 4.69) is 36.1 Å². The summed E-state index contributed by atoms with van der Waals surface area (Å²) >= 11 is 0. The van der Waals surface area contributed by atoms with Crippen molar-refractivity contribution in [1.29, 1.82) is 0 Å². The first-order valence-electron chi connectivity index (χ1n) is 6.75. The molecule has 4 nitrogen and oxygen atoms in total. The first-order chi connectivity index (χ1) is 8.65. The molecule has 0 fully saturated rings. The Morgan fingerprint density at radius 2 is 2.11 bits per heavy atom. The summed E-state index contributed by atoms with van der Waals surface area (Å²) in [6.45, 7) is 8.06. The zero-order valence-electron chi connectivity index (χ0n) is 12.0. The van der Waals surface area contributed by atoms with Crippen molar-refractivity contribution in [1.82, 2.24) is 9.97 Å². The molecule has 0 bridgehead atoms. The van der Waals surface area contributed by atoms with Gasteiger partial charge in [-0.1, -0.05) is 20.8 Å². The van der Waals surface area contributed by atoms with Gasteiger partial charge in [-0.15, -0.1) is 0 Å². The highest BCUT2D eigenvalue weighted by Crippen LogP contribution is 2.11. The Morgan fingerprint density at radius 1 is 1.33 bits per heavy atom. The molecule has 0 unspecified atom stereocenters. The van der Waals surface area contributed by atoms with E-state index in [0.29, 0.717) is 12.5 Å². The fraction of sp³-hybridized carbons (Fsp3) is 0.714. The van der Waals surface area contributed by atoms with E-state index >= 15 is 0 Å². The van der Waals surface area contributed by atoms with E-state index in [4.69, 9.17) is 4.74 Å². The van der Waals surface area contributed by atoms with Gasteiger partial charge in [-0.25, -0.2) is 9.97 Å². The molecule has 0 saturated carbocycles. The zero-order chi connectivity index (χ0) is 13.4. The van der Waals surface area contributed by atoms with Gasteiger partial charge in [-0.05, 0) is 18.8 Å². The minimum atomic E-state index is 0.540. The first kappa shape index (κ1) is 14.9. The number of nitrogens with zero attached hydrogens (tertiary/aromatic N) is 2. The highest BCUT2D eigenvalue weighted by Gasteiger charge is 2.05.